The highest BCUT2D eigenvalue weighted by Crippen LogP contribution is 2.21. The molecule has 12 heteroatoms. The zero-order valence-corrected chi connectivity index (χ0v) is 26.3. The maximum atomic E-state index is 13.6. The standard InChI is InChI=1S/C32H46N4O8/c1-6-10-25(28(38)34-24(17-22-13-15-33-27(22)37)18-23-14-16-42-30(23)40)35-29(39)26(20(2)44-32(3,4)5)36-31(41)43-19-21-11-8-7-9-12-21/h7-9,11-12,18,20,22,24-26H,6,10,13-17,19H2,1-5H3,(H,33,37)(H,34,38)(H,35,39)(H,36,41)/b23-18+/t20?,22-,24-,25-,26-/m0/s1. The summed E-state index contributed by atoms with van der Waals surface area (Å²) in [5.41, 5.74) is 0.603. The number of hydrogen-bond donors (Lipinski definition) is 4. The fraction of sp³-hybridized carbons (Fsp3) is 0.594. The van der Waals surface area contributed by atoms with Crippen molar-refractivity contribution >= 4 is 29.8 Å². The van der Waals surface area contributed by atoms with E-state index in [1.165, 1.54) is 0 Å². The molecule has 2 aliphatic rings. The third-order valence-corrected chi connectivity index (χ3v) is 7.29. The van der Waals surface area contributed by atoms with Gasteiger partial charge in [-0.2, -0.15) is 0 Å². The van der Waals surface area contributed by atoms with Gasteiger partial charge in [-0.3, -0.25) is 14.4 Å². The first-order valence-corrected chi connectivity index (χ1v) is 15.3. The van der Waals surface area contributed by atoms with Crippen LogP contribution >= 0.6 is 0 Å². The van der Waals surface area contributed by atoms with E-state index in [0.29, 0.717) is 44.2 Å². The van der Waals surface area contributed by atoms with E-state index in [9.17, 15) is 24.0 Å². The predicted molar refractivity (Wildman–Crippen MR) is 162 cm³/mol. The first-order chi connectivity index (χ1) is 20.9. The van der Waals surface area contributed by atoms with Gasteiger partial charge < -0.3 is 35.5 Å². The first-order valence-electron chi connectivity index (χ1n) is 15.3. The molecule has 12 nitrogen and oxygen atoms in total. The molecule has 0 saturated carbocycles. The van der Waals surface area contributed by atoms with Crippen LogP contribution in [0.2, 0.25) is 0 Å². The highest BCUT2D eigenvalue weighted by Gasteiger charge is 2.35. The quantitative estimate of drug-likeness (QED) is 0.184. The van der Waals surface area contributed by atoms with E-state index in [4.69, 9.17) is 14.2 Å². The molecule has 242 valence electrons. The van der Waals surface area contributed by atoms with Crippen LogP contribution in [0.3, 0.4) is 0 Å². The van der Waals surface area contributed by atoms with Crippen molar-refractivity contribution in [3.8, 4) is 0 Å². The monoisotopic (exact) mass is 614 g/mol. The van der Waals surface area contributed by atoms with Crippen LogP contribution in [-0.2, 0) is 40.0 Å². The molecule has 2 aliphatic heterocycles. The molecule has 2 heterocycles. The summed E-state index contributed by atoms with van der Waals surface area (Å²) in [6.45, 7) is 9.87. The molecular weight excluding hydrogens is 568 g/mol. The van der Waals surface area contributed by atoms with E-state index in [2.05, 4.69) is 21.3 Å². The van der Waals surface area contributed by atoms with E-state index < -0.39 is 53.7 Å². The number of hydrogen-bond acceptors (Lipinski definition) is 8. The highest BCUT2D eigenvalue weighted by atomic mass is 16.6. The van der Waals surface area contributed by atoms with Gasteiger partial charge in [-0.25, -0.2) is 9.59 Å². The van der Waals surface area contributed by atoms with Crippen LogP contribution in [0.15, 0.2) is 42.0 Å². The number of ether oxygens (including phenoxy) is 3. The van der Waals surface area contributed by atoms with Crippen molar-refractivity contribution in [1.82, 2.24) is 21.3 Å². The number of esters is 1. The summed E-state index contributed by atoms with van der Waals surface area (Å²) in [7, 11) is 0. The maximum Gasteiger partial charge on any atom is 0.408 e. The summed E-state index contributed by atoms with van der Waals surface area (Å²) >= 11 is 0. The minimum Gasteiger partial charge on any atom is -0.462 e. The largest absolute Gasteiger partial charge is 0.462 e. The number of carbonyl (C=O) groups excluding carboxylic acids is 5. The lowest BCUT2D eigenvalue weighted by Gasteiger charge is -2.31. The number of cyclic esters (lactones) is 1. The third-order valence-electron chi connectivity index (χ3n) is 7.29. The second-order valence-electron chi connectivity index (χ2n) is 12.2. The Morgan fingerprint density at radius 3 is 2.41 bits per heavy atom. The van der Waals surface area contributed by atoms with Crippen LogP contribution < -0.4 is 21.3 Å². The topological polar surface area (TPSA) is 161 Å². The number of rotatable bonds is 14. The first kappa shape index (κ1) is 34.6. The lowest BCUT2D eigenvalue weighted by molar-refractivity contribution is -0.135. The lowest BCUT2D eigenvalue weighted by atomic mass is 9.96. The van der Waals surface area contributed by atoms with Gasteiger partial charge in [0.05, 0.1) is 18.3 Å². The Kier molecular flexibility index (Phi) is 12.7. The minimum absolute atomic E-state index is 0.0137. The van der Waals surface area contributed by atoms with E-state index in [1.807, 2.05) is 58.0 Å². The maximum absolute atomic E-state index is 13.6. The molecule has 0 radical (unpaired) electrons. The van der Waals surface area contributed by atoms with Crippen LogP contribution in [0.25, 0.3) is 0 Å². The van der Waals surface area contributed by atoms with Crippen molar-refractivity contribution < 1.29 is 38.2 Å². The van der Waals surface area contributed by atoms with Crippen LogP contribution in [-0.4, -0.2) is 72.8 Å². The van der Waals surface area contributed by atoms with Crippen molar-refractivity contribution in [3.05, 3.63) is 47.5 Å². The summed E-state index contributed by atoms with van der Waals surface area (Å²) in [5, 5.41) is 11.1. The minimum atomic E-state index is -1.17. The van der Waals surface area contributed by atoms with Gasteiger partial charge >= 0.3 is 12.1 Å². The Morgan fingerprint density at radius 1 is 1.09 bits per heavy atom. The Morgan fingerprint density at radius 2 is 1.82 bits per heavy atom. The fourth-order valence-corrected chi connectivity index (χ4v) is 5.20. The zero-order valence-electron chi connectivity index (χ0n) is 26.3. The van der Waals surface area contributed by atoms with E-state index in [-0.39, 0.29) is 25.0 Å². The Hall–Kier alpha value is -3.93. The molecule has 0 bridgehead atoms. The van der Waals surface area contributed by atoms with E-state index >= 15 is 0 Å². The molecule has 5 atom stereocenters. The van der Waals surface area contributed by atoms with Gasteiger partial charge in [0.1, 0.15) is 18.7 Å². The van der Waals surface area contributed by atoms with Gasteiger partial charge in [-0.15, -0.1) is 0 Å². The molecule has 1 unspecified atom stereocenters. The number of nitrogens with one attached hydrogen (secondary N) is 4. The molecule has 4 amide bonds. The average molecular weight is 615 g/mol. The lowest BCUT2D eigenvalue weighted by Crippen LogP contribution is -2.58. The number of benzene rings is 1. The molecule has 2 fully saturated rings. The summed E-state index contributed by atoms with van der Waals surface area (Å²) < 4.78 is 16.4. The molecule has 1 aromatic rings. The Balaban J connectivity index is 1.74. The number of carbonyl (C=O) groups is 5. The molecule has 1 aromatic carbocycles. The second-order valence-corrected chi connectivity index (χ2v) is 12.2. The Bertz CT molecular complexity index is 1200. The van der Waals surface area contributed by atoms with Crippen molar-refractivity contribution in [3.63, 3.8) is 0 Å². The number of alkyl carbamates (subject to hydrolysis) is 1. The van der Waals surface area contributed by atoms with Crippen LogP contribution in [0, 0.1) is 5.92 Å². The molecule has 0 aliphatic carbocycles. The van der Waals surface area contributed by atoms with Crippen molar-refractivity contribution in [2.24, 2.45) is 5.92 Å². The summed E-state index contributed by atoms with van der Waals surface area (Å²) in [6.07, 6.45) is 2.30. The molecule has 0 spiro atoms. The van der Waals surface area contributed by atoms with Gasteiger partial charge in [0.15, 0.2) is 0 Å². The summed E-state index contributed by atoms with van der Waals surface area (Å²) in [5.74, 6) is -1.95. The molecule has 3 rings (SSSR count). The van der Waals surface area contributed by atoms with Gasteiger partial charge in [-0.05, 0) is 52.5 Å². The summed E-state index contributed by atoms with van der Waals surface area (Å²) in [4.78, 5) is 64.4. The average Bonchev–Trinajstić information content (AvgIpc) is 3.56. The summed E-state index contributed by atoms with van der Waals surface area (Å²) in [6, 6.07) is 6.39. The van der Waals surface area contributed by atoms with Crippen molar-refractivity contribution in [2.75, 3.05) is 13.2 Å². The molecular formula is C32H46N4O8. The predicted octanol–water partition coefficient (Wildman–Crippen LogP) is 2.65. The normalized spacial score (nSPS) is 20.2. The third kappa shape index (κ3) is 11.0. The highest BCUT2D eigenvalue weighted by molar-refractivity contribution is 5.93. The fourth-order valence-electron chi connectivity index (χ4n) is 5.20. The van der Waals surface area contributed by atoms with E-state index in [1.54, 1.807) is 13.0 Å². The van der Waals surface area contributed by atoms with Gasteiger partial charge in [0.2, 0.25) is 17.7 Å². The second kappa shape index (κ2) is 16.2. The zero-order chi connectivity index (χ0) is 32.3. The van der Waals surface area contributed by atoms with Crippen LogP contribution in [0.4, 0.5) is 4.79 Å². The SMILES string of the molecule is CCC[C@H](NC(=O)[C@@H](NC(=O)OCc1ccccc1)C(C)OC(C)(C)C)C(=O)N[C@H](/C=C1\CCOC1=O)C[C@@H]1CCNC1=O. The van der Waals surface area contributed by atoms with Crippen molar-refractivity contribution in [1.29, 1.82) is 0 Å². The van der Waals surface area contributed by atoms with Gasteiger partial charge in [-0.1, -0.05) is 49.8 Å². The van der Waals surface area contributed by atoms with Crippen LogP contribution in [0.1, 0.15) is 72.3 Å². The van der Waals surface area contributed by atoms with Crippen molar-refractivity contribution in [2.45, 2.75) is 103 Å². The molecule has 44 heavy (non-hydrogen) atoms. The molecule has 4 N–H and O–H groups in total. The van der Waals surface area contributed by atoms with Gasteiger partial charge in [0, 0.05) is 30.5 Å². The van der Waals surface area contributed by atoms with Gasteiger partial charge in [0.25, 0.3) is 0 Å². The van der Waals surface area contributed by atoms with E-state index in [0.717, 1.165) is 5.56 Å². The van der Waals surface area contributed by atoms with Crippen LogP contribution in [0.5, 0.6) is 0 Å². The molecule has 2 saturated heterocycles. The Labute approximate surface area is 259 Å². The smallest absolute Gasteiger partial charge is 0.408 e. The number of amides is 4. The molecule has 0 aromatic heterocycles.